The van der Waals surface area contributed by atoms with Gasteiger partial charge in [0.2, 0.25) is 15.8 Å². The number of rotatable bonds is 4. The minimum absolute atomic E-state index is 0.0399. The SMILES string of the molecule is Cn1nc(-c2nc(-c3ccccc3)no2)c2c1CCN(S(=O)(=O)c1ccccc1F)C2. The van der Waals surface area contributed by atoms with Gasteiger partial charge < -0.3 is 4.52 Å². The molecular weight excluding hydrogens is 421 g/mol. The summed E-state index contributed by atoms with van der Waals surface area (Å²) in [6, 6.07) is 14.8. The number of aryl methyl sites for hydroxylation is 1. The van der Waals surface area contributed by atoms with E-state index < -0.39 is 15.8 Å². The standard InChI is InChI=1S/C21H18FN5O3S/c1-26-17-11-12-27(31(28,29)18-10-6-5-9-16(18)22)13-15(17)19(24-26)21-23-20(25-30-21)14-7-3-2-4-8-14/h2-10H,11-13H2,1H3. The number of hydrogen-bond acceptors (Lipinski definition) is 6. The number of benzene rings is 2. The van der Waals surface area contributed by atoms with E-state index in [1.807, 2.05) is 30.3 Å². The Morgan fingerprint density at radius 3 is 2.58 bits per heavy atom. The lowest BCUT2D eigenvalue weighted by molar-refractivity contribution is 0.382. The van der Waals surface area contributed by atoms with Crippen molar-refractivity contribution >= 4 is 10.0 Å². The third-order valence-electron chi connectivity index (χ3n) is 5.32. The predicted molar refractivity (Wildman–Crippen MR) is 110 cm³/mol. The third kappa shape index (κ3) is 3.33. The van der Waals surface area contributed by atoms with Crippen molar-refractivity contribution in [2.75, 3.05) is 6.54 Å². The molecule has 0 amide bonds. The summed E-state index contributed by atoms with van der Waals surface area (Å²) in [5.74, 6) is -0.147. The molecule has 10 heteroatoms. The van der Waals surface area contributed by atoms with Gasteiger partial charge in [-0.05, 0) is 12.1 Å². The zero-order valence-electron chi connectivity index (χ0n) is 16.6. The molecule has 3 heterocycles. The summed E-state index contributed by atoms with van der Waals surface area (Å²) in [6.07, 6.45) is 0.437. The Balaban J connectivity index is 1.52. The first-order valence-corrected chi connectivity index (χ1v) is 11.1. The van der Waals surface area contributed by atoms with Crippen LogP contribution in [0.3, 0.4) is 0 Å². The van der Waals surface area contributed by atoms with Crippen LogP contribution in [0.25, 0.3) is 23.0 Å². The van der Waals surface area contributed by atoms with E-state index >= 15 is 0 Å². The molecule has 5 rings (SSSR count). The van der Waals surface area contributed by atoms with E-state index in [1.54, 1.807) is 11.7 Å². The molecule has 0 N–H and O–H groups in total. The van der Waals surface area contributed by atoms with Gasteiger partial charge in [0.05, 0.1) is 0 Å². The first kappa shape index (κ1) is 19.6. The van der Waals surface area contributed by atoms with Gasteiger partial charge in [-0.25, -0.2) is 12.8 Å². The molecule has 0 saturated heterocycles. The molecule has 0 fully saturated rings. The first-order chi connectivity index (χ1) is 14.9. The van der Waals surface area contributed by atoms with Crippen LogP contribution in [0.4, 0.5) is 4.39 Å². The molecule has 0 saturated carbocycles. The quantitative estimate of drug-likeness (QED) is 0.485. The minimum Gasteiger partial charge on any atom is -0.332 e. The topological polar surface area (TPSA) is 94.1 Å². The smallest absolute Gasteiger partial charge is 0.279 e. The highest BCUT2D eigenvalue weighted by Gasteiger charge is 2.34. The molecular formula is C21H18FN5O3S. The second-order valence-electron chi connectivity index (χ2n) is 7.21. The number of nitrogens with zero attached hydrogens (tertiary/aromatic N) is 5. The monoisotopic (exact) mass is 439 g/mol. The van der Waals surface area contributed by atoms with E-state index in [-0.39, 0.29) is 23.9 Å². The summed E-state index contributed by atoms with van der Waals surface area (Å²) in [7, 11) is -2.22. The highest BCUT2D eigenvalue weighted by atomic mass is 32.2. The van der Waals surface area contributed by atoms with Crippen molar-refractivity contribution in [2.45, 2.75) is 17.9 Å². The molecule has 2 aromatic carbocycles. The largest absolute Gasteiger partial charge is 0.332 e. The Kier molecular flexibility index (Phi) is 4.67. The van der Waals surface area contributed by atoms with Gasteiger partial charge >= 0.3 is 0 Å². The predicted octanol–water partition coefficient (Wildman–Crippen LogP) is 3.02. The van der Waals surface area contributed by atoms with Crippen LogP contribution < -0.4 is 0 Å². The highest BCUT2D eigenvalue weighted by molar-refractivity contribution is 7.89. The molecule has 31 heavy (non-hydrogen) atoms. The second kappa shape index (κ2) is 7.40. The van der Waals surface area contributed by atoms with Gasteiger partial charge in [0.1, 0.15) is 10.7 Å². The zero-order valence-corrected chi connectivity index (χ0v) is 17.4. The van der Waals surface area contributed by atoms with Crippen LogP contribution in [0.15, 0.2) is 64.0 Å². The van der Waals surface area contributed by atoms with Crippen molar-refractivity contribution in [2.24, 2.45) is 7.05 Å². The number of aromatic nitrogens is 4. The fourth-order valence-corrected chi connectivity index (χ4v) is 5.24. The number of sulfonamides is 1. The van der Waals surface area contributed by atoms with Gasteiger partial charge in [-0.3, -0.25) is 4.68 Å². The first-order valence-electron chi connectivity index (χ1n) is 9.64. The molecule has 4 aromatic rings. The zero-order chi connectivity index (χ0) is 21.6. The second-order valence-corrected chi connectivity index (χ2v) is 9.11. The fourth-order valence-electron chi connectivity index (χ4n) is 3.76. The van der Waals surface area contributed by atoms with Crippen LogP contribution in [0, 0.1) is 5.82 Å². The summed E-state index contributed by atoms with van der Waals surface area (Å²) in [5, 5.41) is 8.53. The number of hydrogen-bond donors (Lipinski definition) is 0. The van der Waals surface area contributed by atoms with E-state index in [2.05, 4.69) is 15.2 Å². The summed E-state index contributed by atoms with van der Waals surface area (Å²) < 4.78 is 48.7. The molecule has 0 bridgehead atoms. The van der Waals surface area contributed by atoms with E-state index in [1.165, 1.54) is 22.5 Å². The molecule has 0 aliphatic carbocycles. The van der Waals surface area contributed by atoms with E-state index in [0.717, 1.165) is 17.3 Å². The Morgan fingerprint density at radius 2 is 1.81 bits per heavy atom. The van der Waals surface area contributed by atoms with Crippen LogP contribution in [-0.4, -0.2) is 39.2 Å². The molecule has 0 spiro atoms. The van der Waals surface area contributed by atoms with E-state index in [4.69, 9.17) is 4.52 Å². The van der Waals surface area contributed by atoms with Crippen molar-refractivity contribution in [3.8, 4) is 23.0 Å². The van der Waals surface area contributed by atoms with Crippen LogP contribution in [0.5, 0.6) is 0 Å². The molecule has 0 atom stereocenters. The summed E-state index contributed by atoms with van der Waals surface area (Å²) >= 11 is 0. The average molecular weight is 439 g/mol. The molecule has 8 nitrogen and oxygen atoms in total. The fraction of sp³-hybridized carbons (Fsp3) is 0.190. The van der Waals surface area contributed by atoms with Gasteiger partial charge in [-0.15, -0.1) is 0 Å². The van der Waals surface area contributed by atoms with Crippen molar-refractivity contribution in [1.29, 1.82) is 0 Å². The lowest BCUT2D eigenvalue weighted by Crippen LogP contribution is -2.36. The summed E-state index contributed by atoms with van der Waals surface area (Å²) in [6.45, 7) is 0.264. The molecule has 0 radical (unpaired) electrons. The van der Waals surface area contributed by atoms with E-state index in [0.29, 0.717) is 23.5 Å². The van der Waals surface area contributed by atoms with Crippen molar-refractivity contribution in [1.82, 2.24) is 24.2 Å². The molecule has 1 aliphatic heterocycles. The average Bonchev–Trinajstić information content (AvgIpc) is 3.39. The van der Waals surface area contributed by atoms with Crippen LogP contribution in [0.2, 0.25) is 0 Å². The maximum Gasteiger partial charge on any atom is 0.279 e. The van der Waals surface area contributed by atoms with Gasteiger partial charge in [0, 0.05) is 43.4 Å². The molecule has 2 aromatic heterocycles. The molecule has 158 valence electrons. The minimum atomic E-state index is -4.01. The Labute approximate surface area is 178 Å². The van der Waals surface area contributed by atoms with Crippen molar-refractivity contribution in [3.05, 3.63) is 71.7 Å². The van der Waals surface area contributed by atoms with Crippen LogP contribution >= 0.6 is 0 Å². The summed E-state index contributed by atoms with van der Waals surface area (Å²) in [5.41, 5.74) is 2.79. The molecule has 0 unspecified atom stereocenters. The van der Waals surface area contributed by atoms with E-state index in [9.17, 15) is 12.8 Å². The normalized spacial score (nSPS) is 14.5. The maximum atomic E-state index is 14.2. The highest BCUT2D eigenvalue weighted by Crippen LogP contribution is 2.32. The third-order valence-corrected chi connectivity index (χ3v) is 7.20. The van der Waals surface area contributed by atoms with Crippen LogP contribution in [-0.2, 0) is 30.0 Å². The van der Waals surface area contributed by atoms with Gasteiger partial charge in [0.15, 0.2) is 5.69 Å². The molecule has 1 aliphatic rings. The van der Waals surface area contributed by atoms with Crippen molar-refractivity contribution in [3.63, 3.8) is 0 Å². The number of halogens is 1. The van der Waals surface area contributed by atoms with Crippen molar-refractivity contribution < 1.29 is 17.3 Å². The maximum absolute atomic E-state index is 14.2. The van der Waals surface area contributed by atoms with Gasteiger partial charge in [0.25, 0.3) is 5.89 Å². The summed E-state index contributed by atoms with van der Waals surface area (Å²) in [4.78, 5) is 4.11. The lowest BCUT2D eigenvalue weighted by Gasteiger charge is -2.26. The van der Waals surface area contributed by atoms with Crippen LogP contribution in [0.1, 0.15) is 11.3 Å². The Morgan fingerprint density at radius 1 is 1.06 bits per heavy atom. The van der Waals surface area contributed by atoms with Gasteiger partial charge in [-0.1, -0.05) is 47.6 Å². The number of fused-ring (bicyclic) bond motifs is 1. The van der Waals surface area contributed by atoms with Gasteiger partial charge in [-0.2, -0.15) is 14.4 Å². The Bertz CT molecular complexity index is 1360. The Hall–Kier alpha value is -3.37. The lowest BCUT2D eigenvalue weighted by atomic mass is 10.1.